The second-order valence-corrected chi connectivity index (χ2v) is 24.0. The highest BCUT2D eigenvalue weighted by atomic mass is 16.3. The van der Waals surface area contributed by atoms with Crippen LogP contribution in [0.4, 0.5) is 11.4 Å². The molecule has 8 aromatic carbocycles. The molecule has 0 fully saturated rings. The van der Waals surface area contributed by atoms with Gasteiger partial charge in [0.25, 0.3) is 0 Å². The molecule has 0 bridgehead atoms. The van der Waals surface area contributed by atoms with Crippen molar-refractivity contribution < 1.29 is 8.83 Å². The number of benzene rings is 8. The molecule has 0 N–H and O–H groups in total. The maximum absolute atomic E-state index is 7.37. The summed E-state index contributed by atoms with van der Waals surface area (Å²) < 4.78 is 17.1. The first kappa shape index (κ1) is 41.0. The summed E-state index contributed by atoms with van der Waals surface area (Å²) in [5.74, 6) is 0. The van der Waals surface area contributed by atoms with E-state index >= 15 is 0 Å². The Bertz CT molecular complexity index is 4030. The number of hydrogen-bond acceptors (Lipinski definition) is 3. The summed E-state index contributed by atoms with van der Waals surface area (Å²) in [4.78, 5) is 2.64. The quantitative estimate of drug-likeness (QED) is 0.162. The van der Waals surface area contributed by atoms with Crippen molar-refractivity contribution in [1.82, 2.24) is 4.57 Å². The predicted octanol–water partition coefficient (Wildman–Crippen LogP) is 16.4. The van der Waals surface area contributed by atoms with Gasteiger partial charge in [0.2, 0.25) is 0 Å². The molecule has 1 aliphatic carbocycles. The largest absolute Gasteiger partial charge is 0.456 e. The first-order chi connectivity index (χ1) is 33.0. The van der Waals surface area contributed by atoms with Gasteiger partial charge < -0.3 is 18.2 Å². The molecular formula is C64H57BN2O2. The van der Waals surface area contributed by atoms with Crippen molar-refractivity contribution in [3.8, 4) is 27.9 Å². The summed E-state index contributed by atoms with van der Waals surface area (Å²) in [6, 6.07) is 52.9. The molecule has 0 spiro atoms. The van der Waals surface area contributed by atoms with Crippen LogP contribution in [0.2, 0.25) is 0 Å². The lowest BCUT2D eigenvalue weighted by Gasteiger charge is -2.42. The molecule has 0 saturated carbocycles. The van der Waals surface area contributed by atoms with Gasteiger partial charge in [-0.1, -0.05) is 148 Å². The summed E-state index contributed by atoms with van der Waals surface area (Å²) >= 11 is 0. The minimum absolute atomic E-state index is 0.0404. The number of aromatic nitrogens is 1. The molecule has 0 radical (unpaired) electrons. The third-order valence-electron chi connectivity index (χ3n) is 16.7. The zero-order valence-corrected chi connectivity index (χ0v) is 41.5. The van der Waals surface area contributed by atoms with E-state index in [0.717, 1.165) is 62.9 Å². The molecule has 5 heteroatoms. The standard InChI is InChI=1S/C64H57BN2O2/c1-61(2,3)38-22-26-49-44(30-38)55-56-41-18-14-15-19-52(41)69-60(56)57-45-32-42-43-33-46-47(64(9,10)29-28-63(46,7)8)34-53(43)68-54(42)35-51(45)67(40-24-20-37(21-25-40)36-16-12-11-13-17-36)65-48-31-39(62(4,5)6)23-27-50(48)66(49)59(55)58(57)65/h11-27,30-35H,28-29H2,1-10H3. The Kier molecular flexibility index (Phi) is 7.98. The van der Waals surface area contributed by atoms with Crippen molar-refractivity contribution in [3.63, 3.8) is 0 Å². The van der Waals surface area contributed by atoms with Crippen LogP contribution in [0.5, 0.6) is 0 Å². The first-order valence-corrected chi connectivity index (χ1v) is 25.1. The fourth-order valence-corrected chi connectivity index (χ4v) is 12.8. The number of rotatable bonds is 2. The number of nitrogens with zero attached hydrogens (tertiary/aromatic N) is 2. The van der Waals surface area contributed by atoms with Crippen LogP contribution in [0.1, 0.15) is 104 Å². The maximum atomic E-state index is 7.37. The summed E-state index contributed by atoms with van der Waals surface area (Å²) in [5, 5.41) is 7.18. The van der Waals surface area contributed by atoms with Crippen LogP contribution in [0, 0.1) is 0 Å². The van der Waals surface area contributed by atoms with Crippen molar-refractivity contribution in [2.45, 2.75) is 104 Å². The number of furan rings is 2. The molecule has 0 saturated heterocycles. The Morgan fingerprint density at radius 3 is 1.90 bits per heavy atom. The fourth-order valence-electron chi connectivity index (χ4n) is 12.8. The zero-order chi connectivity index (χ0) is 47.3. The first-order valence-electron chi connectivity index (χ1n) is 25.1. The average molecular weight is 897 g/mol. The SMILES string of the molecule is CC(C)(C)c1ccc2c(c1)B1c3c(c4oc5ccccc5c4c4c5cc(C(C)(C)C)ccc5n-2c34)-c2cc3c(cc2N1c1ccc(-c2ccccc2)cc1)oc1cc2c(cc13)C(C)(C)CCC2(C)C. The van der Waals surface area contributed by atoms with E-state index in [-0.39, 0.29) is 28.5 Å². The molecule has 69 heavy (non-hydrogen) atoms. The van der Waals surface area contributed by atoms with Gasteiger partial charge in [-0.05, 0) is 133 Å². The highest BCUT2D eigenvalue weighted by Gasteiger charge is 2.47. The molecule has 3 aromatic heterocycles. The highest BCUT2D eigenvalue weighted by molar-refractivity contribution is 6.94. The van der Waals surface area contributed by atoms with E-state index in [9.17, 15) is 0 Å². The molecule has 14 rings (SSSR count). The van der Waals surface area contributed by atoms with Gasteiger partial charge in [0, 0.05) is 66.6 Å². The third-order valence-corrected chi connectivity index (χ3v) is 16.7. The molecule has 0 unspecified atom stereocenters. The molecule has 3 aliphatic rings. The zero-order valence-electron chi connectivity index (χ0n) is 41.5. The smallest absolute Gasteiger partial charge is 0.333 e. The second kappa shape index (κ2) is 13.4. The van der Waals surface area contributed by atoms with Gasteiger partial charge in [-0.15, -0.1) is 0 Å². The predicted molar refractivity (Wildman–Crippen MR) is 292 cm³/mol. The molecule has 0 atom stereocenters. The van der Waals surface area contributed by atoms with Gasteiger partial charge in [-0.2, -0.15) is 0 Å². The van der Waals surface area contributed by atoms with Gasteiger partial charge in [0.1, 0.15) is 22.3 Å². The Labute approximate surface area is 404 Å². The van der Waals surface area contributed by atoms with Gasteiger partial charge in [0.15, 0.2) is 0 Å². The lowest BCUT2D eigenvalue weighted by atomic mass is 9.43. The van der Waals surface area contributed by atoms with E-state index in [1.807, 2.05) is 0 Å². The summed E-state index contributed by atoms with van der Waals surface area (Å²) in [7, 11) is 0. The van der Waals surface area contributed by atoms with E-state index < -0.39 is 0 Å². The monoisotopic (exact) mass is 896 g/mol. The number of fused-ring (bicyclic) bond motifs is 17. The minimum Gasteiger partial charge on any atom is -0.456 e. The van der Waals surface area contributed by atoms with Crippen LogP contribution in [0.25, 0.3) is 93.6 Å². The lowest BCUT2D eigenvalue weighted by molar-refractivity contribution is 0.332. The van der Waals surface area contributed by atoms with E-state index in [0.29, 0.717) is 0 Å². The fraction of sp³-hybridized carbons (Fsp3) is 0.250. The highest BCUT2D eigenvalue weighted by Crippen LogP contribution is 2.54. The van der Waals surface area contributed by atoms with Crippen LogP contribution < -0.4 is 15.7 Å². The molecule has 4 nitrogen and oxygen atoms in total. The van der Waals surface area contributed by atoms with E-state index in [1.165, 1.54) is 88.1 Å². The minimum atomic E-state index is -0.192. The van der Waals surface area contributed by atoms with E-state index in [2.05, 4.69) is 218 Å². The molecule has 2 aliphatic heterocycles. The Balaban J connectivity index is 1.18. The number of hydrogen-bond donors (Lipinski definition) is 0. The van der Waals surface area contributed by atoms with Crippen LogP contribution in [0.15, 0.2) is 148 Å². The third kappa shape index (κ3) is 5.59. The Morgan fingerprint density at radius 2 is 1.16 bits per heavy atom. The Hall–Kier alpha value is -6.98. The van der Waals surface area contributed by atoms with Gasteiger partial charge in [-0.25, -0.2) is 0 Å². The molecule has 0 amide bonds. The molecular weight excluding hydrogens is 840 g/mol. The van der Waals surface area contributed by atoms with Crippen molar-refractivity contribution in [2.24, 2.45) is 0 Å². The summed E-state index contributed by atoms with van der Waals surface area (Å²) in [5.41, 5.74) is 22.5. The van der Waals surface area contributed by atoms with Crippen molar-refractivity contribution in [3.05, 3.63) is 162 Å². The topological polar surface area (TPSA) is 34.5 Å². The van der Waals surface area contributed by atoms with Crippen molar-refractivity contribution in [1.29, 1.82) is 0 Å². The maximum Gasteiger partial charge on any atom is 0.333 e. The summed E-state index contributed by atoms with van der Waals surface area (Å²) in [6.07, 6.45) is 2.30. The van der Waals surface area contributed by atoms with E-state index in [1.54, 1.807) is 0 Å². The average Bonchev–Trinajstić information content (AvgIpc) is 4.00. The van der Waals surface area contributed by atoms with Crippen LogP contribution in [0.3, 0.4) is 0 Å². The van der Waals surface area contributed by atoms with Gasteiger partial charge in [-0.3, -0.25) is 0 Å². The normalized spacial score (nSPS) is 16.0. The van der Waals surface area contributed by atoms with Crippen molar-refractivity contribution in [2.75, 3.05) is 4.81 Å². The molecule has 11 aromatic rings. The number of anilines is 2. The number of para-hydroxylation sites is 1. The van der Waals surface area contributed by atoms with E-state index in [4.69, 9.17) is 8.83 Å². The van der Waals surface area contributed by atoms with Crippen LogP contribution in [-0.4, -0.2) is 11.4 Å². The van der Waals surface area contributed by atoms with Crippen LogP contribution >= 0.6 is 0 Å². The van der Waals surface area contributed by atoms with Gasteiger partial charge >= 0.3 is 6.85 Å². The molecule has 338 valence electrons. The lowest BCUT2D eigenvalue weighted by Crippen LogP contribution is -2.60. The molecule has 5 heterocycles. The summed E-state index contributed by atoms with van der Waals surface area (Å²) in [6.45, 7) is 23.4. The Morgan fingerprint density at radius 1 is 0.522 bits per heavy atom. The van der Waals surface area contributed by atoms with Gasteiger partial charge in [0.05, 0.1) is 11.0 Å². The van der Waals surface area contributed by atoms with Crippen LogP contribution in [-0.2, 0) is 21.7 Å². The second-order valence-electron chi connectivity index (χ2n) is 24.0. The van der Waals surface area contributed by atoms with Crippen molar-refractivity contribution >= 4 is 94.8 Å².